The third kappa shape index (κ3) is 5.00. The highest BCUT2D eigenvalue weighted by Gasteiger charge is 2.30. The zero-order chi connectivity index (χ0) is 24.3. The summed E-state index contributed by atoms with van der Waals surface area (Å²) in [6.45, 7) is 3.66. The summed E-state index contributed by atoms with van der Waals surface area (Å²) in [5.41, 5.74) is 3.64. The van der Waals surface area contributed by atoms with E-state index in [1.165, 1.54) is 4.90 Å². The van der Waals surface area contributed by atoms with Crippen molar-refractivity contribution in [1.29, 1.82) is 0 Å². The van der Waals surface area contributed by atoms with Crippen molar-refractivity contribution in [1.82, 2.24) is 10.6 Å². The molecule has 1 heterocycles. The van der Waals surface area contributed by atoms with Gasteiger partial charge < -0.3 is 20.6 Å². The Balaban J connectivity index is 1.56. The Labute approximate surface area is 199 Å². The predicted octanol–water partition coefficient (Wildman–Crippen LogP) is 3.55. The highest BCUT2D eigenvalue weighted by molar-refractivity contribution is 6.20. The third-order valence-corrected chi connectivity index (χ3v) is 5.74. The van der Waals surface area contributed by atoms with E-state index in [4.69, 9.17) is 0 Å². The van der Waals surface area contributed by atoms with Crippen LogP contribution in [0.25, 0.3) is 0 Å². The number of anilines is 1. The van der Waals surface area contributed by atoms with Gasteiger partial charge in [0.25, 0.3) is 5.91 Å². The molecule has 3 aromatic carbocycles. The van der Waals surface area contributed by atoms with Crippen LogP contribution in [0.4, 0.5) is 10.5 Å². The van der Waals surface area contributed by atoms with Crippen molar-refractivity contribution in [3.63, 3.8) is 0 Å². The second-order valence-corrected chi connectivity index (χ2v) is 8.75. The van der Waals surface area contributed by atoms with Gasteiger partial charge in [0.15, 0.2) is 0 Å². The number of aliphatic imine (C=N–C) groups is 1. The first-order valence-corrected chi connectivity index (χ1v) is 11.1. The minimum atomic E-state index is -1.09. The second kappa shape index (κ2) is 9.49. The van der Waals surface area contributed by atoms with E-state index in [1.807, 2.05) is 78.9 Å². The molecule has 4 rings (SSSR count). The van der Waals surface area contributed by atoms with Gasteiger partial charge in [-0.05, 0) is 31.0 Å². The molecule has 0 saturated heterocycles. The lowest BCUT2D eigenvalue weighted by molar-refractivity contribution is -0.119. The van der Waals surface area contributed by atoms with E-state index >= 15 is 0 Å². The number of aliphatic hydroxyl groups is 1. The van der Waals surface area contributed by atoms with Crippen molar-refractivity contribution in [3.05, 3.63) is 101 Å². The first kappa shape index (κ1) is 23.2. The number of amides is 3. The number of carbonyl (C=O) groups excluding carboxylic acids is 2. The standard InChI is InChI=1S/C27H28N4O3/c1-27(2,34)20-13-9-10-18(16-20)17-28-26(33)30-24-25(32)31(3)22-15-8-7-14-21(22)23(29-24)19-11-5-4-6-12-19/h4-16,24,34H,17H2,1-3H3,(H2,28,30,33). The maximum absolute atomic E-state index is 13.2. The summed E-state index contributed by atoms with van der Waals surface area (Å²) in [5.74, 6) is -0.336. The molecule has 0 radical (unpaired) electrons. The van der Waals surface area contributed by atoms with E-state index in [9.17, 15) is 14.7 Å². The van der Waals surface area contributed by atoms with Crippen LogP contribution in [-0.2, 0) is 16.9 Å². The van der Waals surface area contributed by atoms with Crippen molar-refractivity contribution in [3.8, 4) is 0 Å². The lowest BCUT2D eigenvalue weighted by atomic mass is 9.96. The summed E-state index contributed by atoms with van der Waals surface area (Å²) < 4.78 is 0. The molecule has 174 valence electrons. The van der Waals surface area contributed by atoms with Crippen LogP contribution in [0, 0.1) is 0 Å². The van der Waals surface area contributed by atoms with Crippen molar-refractivity contribution in [2.75, 3.05) is 11.9 Å². The van der Waals surface area contributed by atoms with E-state index < -0.39 is 17.8 Å². The van der Waals surface area contributed by atoms with Gasteiger partial charge in [-0.1, -0.05) is 72.8 Å². The number of urea groups is 1. The highest BCUT2D eigenvalue weighted by atomic mass is 16.3. The minimum Gasteiger partial charge on any atom is -0.386 e. The van der Waals surface area contributed by atoms with Crippen LogP contribution >= 0.6 is 0 Å². The summed E-state index contributed by atoms with van der Waals surface area (Å²) >= 11 is 0. The number of nitrogens with one attached hydrogen (secondary N) is 2. The van der Waals surface area contributed by atoms with Crippen molar-refractivity contribution >= 4 is 23.3 Å². The fourth-order valence-corrected chi connectivity index (χ4v) is 3.86. The van der Waals surface area contributed by atoms with E-state index in [1.54, 1.807) is 20.9 Å². The van der Waals surface area contributed by atoms with Crippen LogP contribution in [0.1, 0.15) is 36.1 Å². The molecular weight excluding hydrogens is 428 g/mol. The number of para-hydroxylation sites is 1. The van der Waals surface area contributed by atoms with Gasteiger partial charge in [0.1, 0.15) is 0 Å². The van der Waals surface area contributed by atoms with Gasteiger partial charge in [-0.2, -0.15) is 0 Å². The van der Waals surface area contributed by atoms with Crippen molar-refractivity contribution < 1.29 is 14.7 Å². The maximum atomic E-state index is 13.2. The number of nitrogens with zero attached hydrogens (tertiary/aromatic N) is 2. The molecule has 0 aliphatic carbocycles. The Kier molecular flexibility index (Phi) is 6.47. The van der Waals surface area contributed by atoms with Crippen molar-refractivity contribution in [2.45, 2.75) is 32.2 Å². The number of benzene rings is 3. The largest absolute Gasteiger partial charge is 0.386 e. The first-order valence-electron chi connectivity index (χ1n) is 11.1. The molecule has 1 unspecified atom stereocenters. The molecule has 1 atom stereocenters. The molecule has 3 aromatic rings. The lowest BCUT2D eigenvalue weighted by Gasteiger charge is -2.21. The van der Waals surface area contributed by atoms with Gasteiger partial charge in [-0.25, -0.2) is 9.79 Å². The summed E-state index contributed by atoms with van der Waals surface area (Å²) in [6, 6.07) is 24.0. The Morgan fingerprint density at radius 2 is 1.74 bits per heavy atom. The molecule has 3 N–H and O–H groups in total. The monoisotopic (exact) mass is 456 g/mol. The Bertz CT molecular complexity index is 1230. The normalized spacial score (nSPS) is 15.8. The van der Waals surface area contributed by atoms with Crippen LogP contribution in [0.3, 0.4) is 0 Å². The molecule has 0 aromatic heterocycles. The first-order chi connectivity index (χ1) is 16.2. The zero-order valence-corrected chi connectivity index (χ0v) is 19.4. The molecule has 7 heteroatoms. The average molecular weight is 457 g/mol. The molecule has 34 heavy (non-hydrogen) atoms. The fraction of sp³-hybridized carbons (Fsp3) is 0.222. The highest BCUT2D eigenvalue weighted by Crippen LogP contribution is 2.27. The number of hydrogen-bond donors (Lipinski definition) is 3. The summed E-state index contributed by atoms with van der Waals surface area (Å²) in [7, 11) is 1.68. The van der Waals surface area contributed by atoms with Gasteiger partial charge in [0, 0.05) is 24.7 Å². The molecular formula is C27H28N4O3. The molecule has 1 aliphatic heterocycles. The molecule has 0 bridgehead atoms. The van der Waals surface area contributed by atoms with Gasteiger partial charge in [-0.15, -0.1) is 0 Å². The average Bonchev–Trinajstić information content (AvgIpc) is 2.94. The van der Waals surface area contributed by atoms with E-state index in [0.717, 1.165) is 27.9 Å². The number of carbonyl (C=O) groups is 2. The summed E-state index contributed by atoms with van der Waals surface area (Å²) in [4.78, 5) is 32.1. The van der Waals surface area contributed by atoms with E-state index in [-0.39, 0.29) is 12.5 Å². The zero-order valence-electron chi connectivity index (χ0n) is 19.4. The Morgan fingerprint density at radius 3 is 2.47 bits per heavy atom. The molecule has 0 spiro atoms. The fourth-order valence-electron chi connectivity index (χ4n) is 3.86. The number of rotatable bonds is 5. The van der Waals surface area contributed by atoms with Crippen LogP contribution in [0.2, 0.25) is 0 Å². The molecule has 1 aliphatic rings. The number of benzodiazepines with no additional fused rings is 1. The molecule has 7 nitrogen and oxygen atoms in total. The van der Waals surface area contributed by atoms with Gasteiger partial charge in [0.2, 0.25) is 6.17 Å². The van der Waals surface area contributed by atoms with E-state index in [2.05, 4.69) is 15.6 Å². The van der Waals surface area contributed by atoms with Crippen LogP contribution in [-0.4, -0.2) is 36.0 Å². The predicted molar refractivity (Wildman–Crippen MR) is 133 cm³/mol. The van der Waals surface area contributed by atoms with Crippen LogP contribution < -0.4 is 15.5 Å². The second-order valence-electron chi connectivity index (χ2n) is 8.75. The van der Waals surface area contributed by atoms with Crippen LogP contribution in [0.15, 0.2) is 83.9 Å². The van der Waals surface area contributed by atoms with Gasteiger partial charge in [-0.3, -0.25) is 4.79 Å². The summed E-state index contributed by atoms with van der Waals surface area (Å²) in [5, 5.41) is 15.7. The molecule has 3 amide bonds. The SMILES string of the molecule is CN1C(=O)C(NC(=O)NCc2cccc(C(C)(C)O)c2)N=C(c2ccccc2)c2ccccc21. The van der Waals surface area contributed by atoms with Gasteiger partial charge >= 0.3 is 6.03 Å². The van der Waals surface area contributed by atoms with Gasteiger partial charge in [0.05, 0.1) is 17.0 Å². The maximum Gasteiger partial charge on any atom is 0.317 e. The lowest BCUT2D eigenvalue weighted by Crippen LogP contribution is -2.49. The molecule has 0 saturated carbocycles. The van der Waals surface area contributed by atoms with Crippen molar-refractivity contribution in [2.24, 2.45) is 4.99 Å². The minimum absolute atomic E-state index is 0.238. The smallest absolute Gasteiger partial charge is 0.317 e. The quantitative estimate of drug-likeness (QED) is 0.548. The number of hydrogen-bond acceptors (Lipinski definition) is 4. The van der Waals surface area contributed by atoms with Crippen LogP contribution in [0.5, 0.6) is 0 Å². The topological polar surface area (TPSA) is 94.0 Å². The summed E-state index contributed by atoms with van der Waals surface area (Å²) in [6.07, 6.45) is -1.09. The number of fused-ring (bicyclic) bond motifs is 1. The Morgan fingerprint density at radius 1 is 1.03 bits per heavy atom. The number of likely N-dealkylation sites (N-methyl/N-ethyl adjacent to an activating group) is 1. The molecule has 0 fully saturated rings. The Hall–Kier alpha value is -3.97. The third-order valence-electron chi connectivity index (χ3n) is 5.74. The van der Waals surface area contributed by atoms with E-state index in [0.29, 0.717) is 5.71 Å².